The van der Waals surface area contributed by atoms with Gasteiger partial charge >= 0.3 is 0 Å². The van der Waals surface area contributed by atoms with Gasteiger partial charge in [-0.1, -0.05) is 6.07 Å². The van der Waals surface area contributed by atoms with E-state index in [-0.39, 0.29) is 5.56 Å². The number of hydrogen-bond acceptors (Lipinski definition) is 1. The summed E-state index contributed by atoms with van der Waals surface area (Å²) in [5.74, 6) is 0. The first-order chi connectivity index (χ1) is 4.34. The molecule has 1 aromatic rings. The highest BCUT2D eigenvalue weighted by atomic mass is 16.1. The summed E-state index contributed by atoms with van der Waals surface area (Å²) >= 11 is 0. The molecule has 9 heavy (non-hydrogen) atoms. The summed E-state index contributed by atoms with van der Waals surface area (Å²) in [5.41, 5.74) is 0.0139. The molecule has 0 N–H and O–H groups in total. The minimum atomic E-state index is 0.0139. The van der Waals surface area contributed by atoms with Gasteiger partial charge in [-0.2, -0.15) is 0 Å². The highest BCUT2D eigenvalue weighted by Crippen LogP contribution is 1.77. The monoisotopic (exact) mass is 122 g/mol. The summed E-state index contributed by atoms with van der Waals surface area (Å²) in [6.07, 6.45) is 2.79. The van der Waals surface area contributed by atoms with E-state index in [9.17, 15) is 4.79 Å². The third-order valence-corrected chi connectivity index (χ3v) is 1.15. The fraction of sp³-hybridized carbons (Fsp3) is 0.286. The topological polar surface area (TPSA) is 22.0 Å². The minimum absolute atomic E-state index is 0.0139. The van der Waals surface area contributed by atoms with E-state index in [0.29, 0.717) is 6.54 Å². The highest BCUT2D eigenvalue weighted by Gasteiger charge is 1.85. The van der Waals surface area contributed by atoms with Crippen LogP contribution in [-0.4, -0.2) is 4.57 Å². The summed E-state index contributed by atoms with van der Waals surface area (Å²) in [4.78, 5) is 10.8. The summed E-state index contributed by atoms with van der Waals surface area (Å²) in [6, 6.07) is 4.94. The van der Waals surface area contributed by atoms with E-state index in [1.807, 2.05) is 6.92 Å². The second-order valence-electron chi connectivity index (χ2n) is 1.74. The Kier molecular flexibility index (Phi) is 1.68. The molecule has 1 heterocycles. The standard InChI is InChI=1S/C7H8NO/c1-2-8-6-4-3-5-7(8)9/h3-5H,2H2,1H3. The zero-order valence-electron chi connectivity index (χ0n) is 5.29. The van der Waals surface area contributed by atoms with E-state index in [2.05, 4.69) is 6.20 Å². The van der Waals surface area contributed by atoms with Gasteiger partial charge in [0.25, 0.3) is 5.56 Å². The lowest BCUT2D eigenvalue weighted by molar-refractivity contribution is 0.721. The molecule has 0 amide bonds. The van der Waals surface area contributed by atoms with Gasteiger partial charge in [-0.25, -0.2) is 0 Å². The number of rotatable bonds is 1. The Morgan fingerprint density at radius 2 is 2.56 bits per heavy atom. The Balaban J connectivity index is 3.16. The fourth-order valence-electron chi connectivity index (χ4n) is 0.664. The lowest BCUT2D eigenvalue weighted by Crippen LogP contribution is -2.16. The summed E-state index contributed by atoms with van der Waals surface area (Å²) < 4.78 is 1.53. The van der Waals surface area contributed by atoms with Crippen LogP contribution in [0.25, 0.3) is 0 Å². The van der Waals surface area contributed by atoms with Crippen LogP contribution in [0.15, 0.2) is 23.0 Å². The second-order valence-corrected chi connectivity index (χ2v) is 1.74. The quantitative estimate of drug-likeness (QED) is 0.536. The third kappa shape index (κ3) is 1.19. The van der Waals surface area contributed by atoms with Crippen molar-refractivity contribution in [3.05, 3.63) is 34.7 Å². The van der Waals surface area contributed by atoms with Crippen LogP contribution in [0, 0.1) is 6.20 Å². The van der Waals surface area contributed by atoms with Gasteiger partial charge in [0.1, 0.15) is 0 Å². The van der Waals surface area contributed by atoms with E-state index < -0.39 is 0 Å². The Morgan fingerprint density at radius 3 is 3.00 bits per heavy atom. The zero-order chi connectivity index (χ0) is 6.69. The smallest absolute Gasteiger partial charge is 0.251 e. The predicted octanol–water partition coefficient (Wildman–Crippen LogP) is 0.668. The zero-order valence-corrected chi connectivity index (χ0v) is 5.29. The van der Waals surface area contributed by atoms with Crippen molar-refractivity contribution in [2.75, 3.05) is 0 Å². The maximum atomic E-state index is 10.8. The van der Waals surface area contributed by atoms with Crippen molar-refractivity contribution >= 4 is 0 Å². The lowest BCUT2D eigenvalue weighted by atomic mass is 10.5. The number of pyridine rings is 1. The maximum absolute atomic E-state index is 10.8. The molecule has 1 rings (SSSR count). The molecule has 0 atom stereocenters. The maximum Gasteiger partial charge on any atom is 0.251 e. The van der Waals surface area contributed by atoms with Gasteiger partial charge in [0, 0.05) is 12.6 Å². The van der Waals surface area contributed by atoms with Crippen LogP contribution >= 0.6 is 0 Å². The average Bonchev–Trinajstić information content (AvgIpc) is 1.89. The van der Waals surface area contributed by atoms with Crippen LogP contribution in [0.3, 0.4) is 0 Å². The molecule has 0 saturated heterocycles. The molecule has 2 nitrogen and oxygen atoms in total. The molecule has 0 bridgehead atoms. The summed E-state index contributed by atoms with van der Waals surface area (Å²) in [6.45, 7) is 2.61. The number of hydrogen-bond donors (Lipinski definition) is 0. The average molecular weight is 122 g/mol. The Labute approximate surface area is 53.8 Å². The fourth-order valence-corrected chi connectivity index (χ4v) is 0.664. The van der Waals surface area contributed by atoms with Gasteiger partial charge < -0.3 is 4.57 Å². The first kappa shape index (κ1) is 6.08. The van der Waals surface area contributed by atoms with Crippen LogP contribution in [-0.2, 0) is 6.54 Å². The van der Waals surface area contributed by atoms with Gasteiger partial charge in [-0.3, -0.25) is 4.79 Å². The summed E-state index contributed by atoms with van der Waals surface area (Å²) in [5, 5.41) is 0. The van der Waals surface area contributed by atoms with Gasteiger partial charge in [0.05, 0.1) is 6.20 Å². The largest absolute Gasteiger partial charge is 0.307 e. The Bertz CT molecular complexity index is 239. The number of nitrogens with zero attached hydrogens (tertiary/aromatic N) is 1. The molecule has 0 aliphatic rings. The van der Waals surface area contributed by atoms with E-state index >= 15 is 0 Å². The van der Waals surface area contributed by atoms with Crippen LogP contribution in [0.4, 0.5) is 0 Å². The Hall–Kier alpha value is -1.05. The molecule has 0 aromatic carbocycles. The van der Waals surface area contributed by atoms with E-state index in [1.165, 1.54) is 10.6 Å². The van der Waals surface area contributed by atoms with Crippen molar-refractivity contribution in [3.8, 4) is 0 Å². The van der Waals surface area contributed by atoms with Crippen molar-refractivity contribution in [1.29, 1.82) is 0 Å². The Morgan fingerprint density at radius 1 is 1.78 bits per heavy atom. The molecular weight excluding hydrogens is 114 g/mol. The van der Waals surface area contributed by atoms with Crippen LogP contribution < -0.4 is 5.56 Å². The first-order valence-corrected chi connectivity index (χ1v) is 2.92. The first-order valence-electron chi connectivity index (χ1n) is 2.92. The second kappa shape index (κ2) is 2.49. The van der Waals surface area contributed by atoms with Crippen molar-refractivity contribution in [1.82, 2.24) is 4.57 Å². The summed E-state index contributed by atoms with van der Waals surface area (Å²) in [7, 11) is 0. The van der Waals surface area contributed by atoms with Crippen molar-refractivity contribution < 1.29 is 0 Å². The van der Waals surface area contributed by atoms with Crippen molar-refractivity contribution in [3.63, 3.8) is 0 Å². The van der Waals surface area contributed by atoms with E-state index in [4.69, 9.17) is 0 Å². The van der Waals surface area contributed by atoms with Crippen LogP contribution in [0.1, 0.15) is 6.92 Å². The highest BCUT2D eigenvalue weighted by molar-refractivity contribution is 4.91. The molecule has 0 spiro atoms. The van der Waals surface area contributed by atoms with E-state index in [0.717, 1.165) is 0 Å². The number of aryl methyl sites for hydroxylation is 1. The molecule has 1 aromatic heterocycles. The molecule has 2 heteroatoms. The predicted molar refractivity (Wildman–Crippen MR) is 35.2 cm³/mol. The normalized spacial score (nSPS) is 9.44. The van der Waals surface area contributed by atoms with E-state index in [1.54, 1.807) is 12.1 Å². The molecule has 1 radical (unpaired) electrons. The molecule has 0 fully saturated rings. The molecule has 0 aliphatic heterocycles. The molecule has 47 valence electrons. The van der Waals surface area contributed by atoms with Crippen LogP contribution in [0.5, 0.6) is 0 Å². The van der Waals surface area contributed by atoms with Crippen molar-refractivity contribution in [2.24, 2.45) is 0 Å². The van der Waals surface area contributed by atoms with Gasteiger partial charge in [-0.05, 0) is 13.0 Å². The van der Waals surface area contributed by atoms with Gasteiger partial charge in [0.15, 0.2) is 0 Å². The molecular formula is C7H8NO. The van der Waals surface area contributed by atoms with Gasteiger partial charge in [-0.15, -0.1) is 0 Å². The SMILES string of the molecule is CCn1[c]cccc1=O. The molecule has 0 saturated carbocycles. The third-order valence-electron chi connectivity index (χ3n) is 1.15. The van der Waals surface area contributed by atoms with Gasteiger partial charge in [0.2, 0.25) is 0 Å². The number of aromatic nitrogens is 1. The molecule has 0 unspecified atom stereocenters. The minimum Gasteiger partial charge on any atom is -0.307 e. The molecule has 0 aliphatic carbocycles. The van der Waals surface area contributed by atoms with Crippen molar-refractivity contribution in [2.45, 2.75) is 13.5 Å². The van der Waals surface area contributed by atoms with Crippen LogP contribution in [0.2, 0.25) is 0 Å². The lowest BCUT2D eigenvalue weighted by Gasteiger charge is -1.94.